The van der Waals surface area contributed by atoms with Crippen LogP contribution in [0.15, 0.2) is 77.8 Å². The fraction of sp³-hybridized carbons (Fsp3) is 0. The molecule has 0 aliphatic carbocycles. The third kappa shape index (κ3) is 3.23. The molecule has 0 saturated heterocycles. The van der Waals surface area contributed by atoms with E-state index in [4.69, 9.17) is 0 Å². The van der Waals surface area contributed by atoms with Crippen molar-refractivity contribution in [2.75, 3.05) is 0 Å². The number of aromatic hydroxyl groups is 2. The minimum Gasteiger partial charge on any atom is -0.508 e. The molecule has 0 radical (unpaired) electrons. The van der Waals surface area contributed by atoms with Crippen LogP contribution in [-0.4, -0.2) is 31.0 Å². The summed E-state index contributed by atoms with van der Waals surface area (Å²) in [5.74, 6) is -0.324. The maximum absolute atomic E-state index is 12.8. The maximum atomic E-state index is 12.8. The number of thiol groups is 1. The van der Waals surface area contributed by atoms with E-state index in [1.165, 1.54) is 22.9 Å². The van der Waals surface area contributed by atoms with Gasteiger partial charge in [0.15, 0.2) is 5.78 Å². The molecule has 0 fully saturated rings. The molecule has 28 heavy (non-hydrogen) atoms. The highest BCUT2D eigenvalue weighted by molar-refractivity contribution is 7.80. The van der Waals surface area contributed by atoms with Crippen LogP contribution in [0.2, 0.25) is 0 Å². The predicted molar refractivity (Wildman–Crippen MR) is 107 cm³/mol. The zero-order valence-electron chi connectivity index (χ0n) is 14.5. The van der Waals surface area contributed by atoms with Crippen LogP contribution in [0.3, 0.4) is 0 Å². The third-order valence-corrected chi connectivity index (χ3v) is 4.58. The summed E-state index contributed by atoms with van der Waals surface area (Å²) in [4.78, 5) is 12.8. The van der Waals surface area contributed by atoms with Crippen molar-refractivity contribution in [2.24, 2.45) is 0 Å². The monoisotopic (exact) mass is 389 g/mol. The first-order valence-corrected chi connectivity index (χ1v) is 8.86. The van der Waals surface area contributed by atoms with Crippen LogP contribution in [0.4, 0.5) is 0 Å². The summed E-state index contributed by atoms with van der Waals surface area (Å²) in [5.41, 5.74) is 2.63. The summed E-state index contributed by atoms with van der Waals surface area (Å²) in [6.45, 7) is 0. The van der Waals surface area contributed by atoms with Crippen molar-refractivity contribution in [1.29, 1.82) is 0 Å². The molecule has 0 saturated carbocycles. The first-order chi connectivity index (χ1) is 13.5. The summed E-state index contributed by atoms with van der Waals surface area (Å²) in [5, 5.41) is 28.1. The Balaban J connectivity index is 1.81. The molecule has 1 aromatic heterocycles. The predicted octanol–water partition coefficient (Wildman–Crippen LogP) is 3.87. The molecular weight excluding hydrogens is 374 g/mol. The molecule has 6 nitrogen and oxygen atoms in total. The van der Waals surface area contributed by atoms with Crippen molar-refractivity contribution in [1.82, 2.24) is 15.0 Å². The van der Waals surface area contributed by atoms with Crippen molar-refractivity contribution >= 4 is 18.4 Å². The number of phenols is 2. The summed E-state index contributed by atoms with van der Waals surface area (Å²) in [7, 11) is 0. The van der Waals surface area contributed by atoms with E-state index in [0.717, 1.165) is 0 Å². The van der Waals surface area contributed by atoms with Crippen molar-refractivity contribution < 1.29 is 15.0 Å². The minimum atomic E-state index is -0.156. The smallest absolute Gasteiger partial charge is 0.193 e. The highest BCUT2D eigenvalue weighted by Crippen LogP contribution is 2.33. The molecule has 2 N–H and O–H groups in total. The van der Waals surface area contributed by atoms with Crippen molar-refractivity contribution in [3.63, 3.8) is 0 Å². The topological polar surface area (TPSA) is 88.2 Å². The number of ketones is 1. The summed E-state index contributed by atoms with van der Waals surface area (Å²) in [6, 6.07) is 20.3. The zero-order chi connectivity index (χ0) is 19.7. The largest absolute Gasteiger partial charge is 0.508 e. The Labute approximate surface area is 166 Å². The van der Waals surface area contributed by atoms with E-state index in [0.29, 0.717) is 33.1 Å². The number of hydrogen-bond acceptors (Lipinski definition) is 6. The molecule has 3 aromatic carbocycles. The molecule has 1 heterocycles. The molecule has 0 bridgehead atoms. The van der Waals surface area contributed by atoms with Gasteiger partial charge in [-0.25, -0.2) is 4.68 Å². The van der Waals surface area contributed by atoms with Crippen LogP contribution in [0, 0.1) is 0 Å². The Morgan fingerprint density at radius 3 is 2.39 bits per heavy atom. The number of rotatable bonds is 4. The van der Waals surface area contributed by atoms with Gasteiger partial charge in [0.1, 0.15) is 27.9 Å². The van der Waals surface area contributed by atoms with Crippen LogP contribution in [-0.2, 0) is 0 Å². The Morgan fingerprint density at radius 1 is 0.893 bits per heavy atom. The summed E-state index contributed by atoms with van der Waals surface area (Å²) < 4.78 is 1.42. The number of aromatic nitrogens is 3. The van der Waals surface area contributed by atoms with Gasteiger partial charge in [0.2, 0.25) is 0 Å². The summed E-state index contributed by atoms with van der Waals surface area (Å²) in [6.07, 6.45) is 0. The van der Waals surface area contributed by atoms with Crippen molar-refractivity contribution in [3.8, 4) is 28.4 Å². The number of carbonyl (C=O) groups is 1. The van der Waals surface area contributed by atoms with E-state index in [9.17, 15) is 15.0 Å². The lowest BCUT2D eigenvalue weighted by molar-refractivity contribution is 0.103. The molecule has 0 atom stereocenters. The third-order valence-electron chi connectivity index (χ3n) is 4.27. The van der Waals surface area contributed by atoms with Gasteiger partial charge in [-0.3, -0.25) is 4.79 Å². The van der Waals surface area contributed by atoms with Gasteiger partial charge in [0.05, 0.1) is 0 Å². The summed E-state index contributed by atoms with van der Waals surface area (Å²) >= 11 is 4.38. The molecule has 7 heteroatoms. The van der Waals surface area contributed by atoms with E-state index >= 15 is 0 Å². The van der Waals surface area contributed by atoms with Crippen LogP contribution in [0.1, 0.15) is 15.9 Å². The van der Waals surface area contributed by atoms with Crippen LogP contribution >= 0.6 is 12.6 Å². The SMILES string of the molecule is O=C(c1ccccc1)c1cccc(-c2c(S)nnn2-c2ccc(O)cc2O)c1. The zero-order valence-corrected chi connectivity index (χ0v) is 15.4. The van der Waals surface area contributed by atoms with Gasteiger partial charge < -0.3 is 10.2 Å². The lowest BCUT2D eigenvalue weighted by Crippen LogP contribution is -2.03. The van der Waals surface area contributed by atoms with Gasteiger partial charge in [-0.15, -0.1) is 17.7 Å². The Hall–Kier alpha value is -3.58. The molecule has 4 rings (SSSR count). The first kappa shape index (κ1) is 17.8. The van der Waals surface area contributed by atoms with E-state index in [-0.39, 0.29) is 17.3 Å². The Kier molecular flexibility index (Phi) is 4.58. The maximum Gasteiger partial charge on any atom is 0.193 e. The second-order valence-electron chi connectivity index (χ2n) is 6.12. The van der Waals surface area contributed by atoms with E-state index in [1.54, 1.807) is 30.3 Å². The molecule has 0 amide bonds. The lowest BCUT2D eigenvalue weighted by Gasteiger charge is -2.10. The first-order valence-electron chi connectivity index (χ1n) is 8.42. The van der Waals surface area contributed by atoms with Crippen molar-refractivity contribution in [2.45, 2.75) is 5.03 Å². The van der Waals surface area contributed by atoms with Gasteiger partial charge in [-0.2, -0.15) is 0 Å². The molecule has 4 aromatic rings. The second kappa shape index (κ2) is 7.21. The fourth-order valence-electron chi connectivity index (χ4n) is 2.95. The van der Waals surface area contributed by atoms with Crippen LogP contribution in [0.5, 0.6) is 11.5 Å². The molecule has 0 aliphatic heterocycles. The van der Waals surface area contributed by atoms with E-state index in [1.807, 2.05) is 24.3 Å². The van der Waals surface area contributed by atoms with Crippen LogP contribution in [0.25, 0.3) is 16.9 Å². The average molecular weight is 389 g/mol. The molecule has 0 spiro atoms. The number of nitrogens with zero attached hydrogens (tertiary/aromatic N) is 3. The molecule has 0 aliphatic rings. The fourth-order valence-corrected chi connectivity index (χ4v) is 3.21. The quantitative estimate of drug-likeness (QED) is 0.364. The molecule has 0 unspecified atom stereocenters. The average Bonchev–Trinajstić information content (AvgIpc) is 3.09. The van der Waals surface area contributed by atoms with Gasteiger partial charge in [0, 0.05) is 22.8 Å². The molecule has 138 valence electrons. The highest BCUT2D eigenvalue weighted by Gasteiger charge is 2.18. The van der Waals surface area contributed by atoms with E-state index in [2.05, 4.69) is 22.9 Å². The Morgan fingerprint density at radius 2 is 1.64 bits per heavy atom. The van der Waals surface area contributed by atoms with Gasteiger partial charge in [-0.05, 0) is 18.2 Å². The highest BCUT2D eigenvalue weighted by atomic mass is 32.1. The standard InChI is InChI=1S/C21H15N3O3S/c25-16-9-10-17(18(26)12-16)24-19(21(28)22-23-24)14-7-4-8-15(11-14)20(27)13-5-2-1-3-6-13/h1-12,25-26,28H. The van der Waals surface area contributed by atoms with Gasteiger partial charge >= 0.3 is 0 Å². The minimum absolute atomic E-state index is 0.0653. The normalized spacial score (nSPS) is 10.8. The number of hydrogen-bond donors (Lipinski definition) is 3. The Bertz CT molecular complexity index is 1170. The molecular formula is C21H15N3O3S. The van der Waals surface area contributed by atoms with Crippen molar-refractivity contribution in [3.05, 3.63) is 83.9 Å². The van der Waals surface area contributed by atoms with Crippen LogP contribution < -0.4 is 0 Å². The van der Waals surface area contributed by atoms with Gasteiger partial charge in [-0.1, -0.05) is 53.7 Å². The lowest BCUT2D eigenvalue weighted by atomic mass is 10.0. The van der Waals surface area contributed by atoms with Gasteiger partial charge in [0.25, 0.3) is 0 Å². The number of carbonyl (C=O) groups excluding carboxylic acids is 1. The van der Waals surface area contributed by atoms with E-state index < -0.39 is 0 Å². The number of phenolic OH excluding ortho intramolecular Hbond substituents is 2. The number of benzene rings is 3. The second-order valence-corrected chi connectivity index (χ2v) is 6.55.